The Morgan fingerprint density at radius 2 is 1.13 bits per heavy atom. The van der Waals surface area contributed by atoms with Gasteiger partial charge in [0.25, 0.3) is 0 Å². The van der Waals surface area contributed by atoms with Gasteiger partial charge in [0.05, 0.1) is 20.0 Å². The maximum atomic E-state index is 9.81. The molecular formula is C42H27NS2. The molecule has 0 radical (unpaired) electrons. The maximum absolute atomic E-state index is 9.81. The fourth-order valence-corrected chi connectivity index (χ4v) is 8.26. The Morgan fingerprint density at radius 1 is 0.444 bits per heavy atom. The highest BCUT2D eigenvalue weighted by molar-refractivity contribution is 7.26. The molecule has 3 heteroatoms. The Kier molecular flexibility index (Phi) is 4.76. The molecular weight excluding hydrogens is 583 g/mol. The minimum Gasteiger partial charge on any atom is -0.308 e. The van der Waals surface area contributed by atoms with Crippen molar-refractivity contribution in [2.45, 2.75) is 0 Å². The molecule has 0 unspecified atom stereocenters. The summed E-state index contributed by atoms with van der Waals surface area (Å²) in [5, 5.41) is 2.52. The average Bonchev–Trinajstić information content (AvgIpc) is 3.78. The lowest BCUT2D eigenvalue weighted by atomic mass is 9.99. The van der Waals surface area contributed by atoms with Crippen LogP contribution < -0.4 is 4.90 Å². The number of rotatable bonds is 5. The minimum absolute atomic E-state index is 0.0154. The second kappa shape index (κ2) is 10.7. The highest BCUT2D eigenvalue weighted by Gasteiger charge is 2.23. The number of thiophene rings is 2. The first-order chi connectivity index (χ1) is 25.2. The van der Waals surface area contributed by atoms with E-state index in [0.29, 0.717) is 10.4 Å². The first-order valence-corrected chi connectivity index (χ1v) is 16.3. The van der Waals surface area contributed by atoms with Crippen LogP contribution in [0.2, 0.25) is 0 Å². The van der Waals surface area contributed by atoms with Crippen molar-refractivity contribution in [1.82, 2.24) is 0 Å². The summed E-state index contributed by atoms with van der Waals surface area (Å²) in [4.78, 5) is 1.94. The Hall–Kier alpha value is -5.22. The van der Waals surface area contributed by atoms with Gasteiger partial charge in [0.15, 0.2) is 0 Å². The van der Waals surface area contributed by atoms with Gasteiger partial charge in [0.1, 0.15) is 0 Å². The summed E-state index contributed by atoms with van der Waals surface area (Å²) in [6.45, 7) is 0. The maximum Gasteiger partial charge on any atom is 0.0718 e. The van der Waals surface area contributed by atoms with Gasteiger partial charge in [0, 0.05) is 52.6 Å². The Morgan fingerprint density at radius 3 is 1.96 bits per heavy atom. The molecule has 45 heavy (non-hydrogen) atoms. The number of hydrogen-bond acceptors (Lipinski definition) is 3. The fraction of sp³-hybridized carbons (Fsp3) is 0. The van der Waals surface area contributed by atoms with Crippen LogP contribution in [0.4, 0.5) is 17.1 Å². The van der Waals surface area contributed by atoms with Gasteiger partial charge in [-0.25, -0.2) is 0 Å². The zero-order valence-electron chi connectivity index (χ0n) is 30.8. The third-order valence-corrected chi connectivity index (χ3v) is 10.4. The van der Waals surface area contributed by atoms with Crippen molar-refractivity contribution in [1.29, 1.82) is 0 Å². The van der Waals surface area contributed by atoms with Crippen LogP contribution in [-0.4, -0.2) is 0 Å². The van der Waals surface area contributed by atoms with Crippen LogP contribution in [0.25, 0.3) is 62.6 Å². The molecule has 0 fully saturated rings. The summed E-state index contributed by atoms with van der Waals surface area (Å²) in [6.07, 6.45) is 0. The lowest BCUT2D eigenvalue weighted by Gasteiger charge is -2.29. The molecule has 1 nitrogen and oxygen atoms in total. The van der Waals surface area contributed by atoms with E-state index in [-0.39, 0.29) is 57.4 Å². The molecule has 0 aliphatic carbocycles. The van der Waals surface area contributed by atoms with Gasteiger partial charge in [-0.15, -0.1) is 22.7 Å². The molecule has 2 heterocycles. The van der Waals surface area contributed by atoms with E-state index in [1.807, 2.05) is 89.8 Å². The number of nitrogens with zero attached hydrogens (tertiary/aromatic N) is 1. The number of fused-ring (bicyclic) bond motifs is 6. The topological polar surface area (TPSA) is 3.24 Å². The summed E-state index contributed by atoms with van der Waals surface area (Å²) in [5.41, 5.74) is 5.60. The fourth-order valence-electron chi connectivity index (χ4n) is 6.05. The van der Waals surface area contributed by atoms with E-state index >= 15 is 0 Å². The number of benzene rings is 7. The van der Waals surface area contributed by atoms with Gasteiger partial charge in [-0.3, -0.25) is 0 Å². The molecule has 0 bridgehead atoms. The molecule has 0 atom stereocenters. The summed E-state index contributed by atoms with van der Waals surface area (Å²) < 4.78 is 65.6. The predicted octanol–water partition coefficient (Wildman–Crippen LogP) is 13.2. The van der Waals surface area contributed by atoms with Crippen LogP contribution in [0, 0.1) is 0 Å². The molecule has 9 rings (SSSR count). The van der Waals surface area contributed by atoms with Crippen molar-refractivity contribution in [2.75, 3.05) is 4.90 Å². The Labute approximate surface area is 279 Å². The summed E-state index contributed by atoms with van der Waals surface area (Å²) in [7, 11) is 0. The van der Waals surface area contributed by atoms with Crippen LogP contribution in [0.3, 0.4) is 0 Å². The van der Waals surface area contributed by atoms with Gasteiger partial charge in [-0.1, -0.05) is 127 Å². The second-order valence-electron chi connectivity index (χ2n) is 10.8. The van der Waals surface area contributed by atoms with Gasteiger partial charge in [0.2, 0.25) is 0 Å². The third-order valence-electron chi connectivity index (χ3n) is 8.16. The molecule has 7 aromatic carbocycles. The Balaban J connectivity index is 1.42. The molecule has 0 aliphatic rings. The molecule has 0 saturated carbocycles. The average molecular weight is 617 g/mol. The van der Waals surface area contributed by atoms with Gasteiger partial charge < -0.3 is 4.90 Å². The highest BCUT2D eigenvalue weighted by atomic mass is 32.1. The third kappa shape index (κ3) is 4.43. The molecule has 2 aromatic heterocycles. The van der Waals surface area contributed by atoms with E-state index in [1.165, 1.54) is 0 Å². The SMILES string of the molecule is [2H]c1c([2H])c([2H])c2c(sc3c([2H])c(N(c4ccc(-c5ccccc5)cc4)c4c(-c5ccccc5)ccc5c4sc4ccccc45)c([2H])c([2H])c32)c1[2H]. The van der Waals surface area contributed by atoms with Crippen molar-refractivity contribution in [2.24, 2.45) is 0 Å². The summed E-state index contributed by atoms with van der Waals surface area (Å²) in [5.74, 6) is 0. The quantitative estimate of drug-likeness (QED) is 0.186. The largest absolute Gasteiger partial charge is 0.308 e. The Bertz CT molecular complexity index is 2870. The zero-order valence-corrected chi connectivity index (χ0v) is 25.4. The molecule has 0 amide bonds. The van der Waals surface area contributed by atoms with E-state index in [2.05, 4.69) is 36.4 Å². The van der Waals surface area contributed by atoms with Crippen molar-refractivity contribution in [3.05, 3.63) is 164 Å². The van der Waals surface area contributed by atoms with Gasteiger partial charge >= 0.3 is 0 Å². The smallest absolute Gasteiger partial charge is 0.0718 e. The molecule has 9 aromatic rings. The number of anilines is 3. The predicted molar refractivity (Wildman–Crippen MR) is 198 cm³/mol. The molecule has 0 spiro atoms. The summed E-state index contributed by atoms with van der Waals surface area (Å²) >= 11 is 2.72. The monoisotopic (exact) mass is 616 g/mol. The van der Waals surface area contributed by atoms with Crippen LogP contribution in [0.5, 0.6) is 0 Å². The van der Waals surface area contributed by atoms with Crippen LogP contribution >= 0.6 is 22.7 Å². The molecule has 212 valence electrons. The van der Waals surface area contributed by atoms with Gasteiger partial charge in [-0.2, -0.15) is 0 Å². The van der Waals surface area contributed by atoms with E-state index in [1.54, 1.807) is 11.3 Å². The van der Waals surface area contributed by atoms with Crippen molar-refractivity contribution < 1.29 is 9.60 Å². The van der Waals surface area contributed by atoms with Crippen LogP contribution in [0.1, 0.15) is 9.60 Å². The van der Waals surface area contributed by atoms with Crippen molar-refractivity contribution in [3.8, 4) is 22.3 Å². The highest BCUT2D eigenvalue weighted by Crippen LogP contribution is 2.50. The molecule has 0 N–H and O–H groups in total. The van der Waals surface area contributed by atoms with E-state index < -0.39 is 6.04 Å². The standard InChI is InChI=1S/C42H27NS2/c1-3-11-28(12-4-1)29-19-21-31(22-20-29)43(32-23-24-36-34-15-7-9-17-38(34)44-40(36)27-32)41-33(30-13-5-2-6-14-30)25-26-37-35-16-8-10-18-39(35)45-42(37)41/h1-27H/i7D,9D,15D,17D,23D,24D,27D. The molecule has 0 aliphatic heterocycles. The van der Waals surface area contributed by atoms with Crippen LogP contribution in [0.15, 0.2) is 164 Å². The second-order valence-corrected chi connectivity index (χ2v) is 12.9. The van der Waals surface area contributed by atoms with Gasteiger partial charge in [-0.05, 0) is 53.0 Å². The van der Waals surface area contributed by atoms with Crippen LogP contribution in [-0.2, 0) is 0 Å². The summed E-state index contributed by atoms with van der Waals surface area (Å²) in [6, 6.07) is 39.0. The lowest BCUT2D eigenvalue weighted by molar-refractivity contribution is 1.31. The van der Waals surface area contributed by atoms with E-state index in [0.717, 1.165) is 59.5 Å². The first-order valence-electron chi connectivity index (χ1n) is 18.1. The lowest BCUT2D eigenvalue weighted by Crippen LogP contribution is -2.11. The zero-order chi connectivity index (χ0) is 35.8. The molecule has 0 saturated heterocycles. The van der Waals surface area contributed by atoms with Crippen molar-refractivity contribution >= 4 is 80.1 Å². The first kappa shape index (κ1) is 19.9. The number of hydrogen-bond donors (Lipinski definition) is 0. The minimum atomic E-state index is -0.400. The normalized spacial score (nSPS) is 13.7. The van der Waals surface area contributed by atoms with E-state index in [4.69, 9.17) is 5.48 Å². The van der Waals surface area contributed by atoms with Crippen molar-refractivity contribution in [3.63, 3.8) is 0 Å². The van der Waals surface area contributed by atoms with E-state index in [9.17, 15) is 4.11 Å².